The molecular formula is C33H49F3N2O. The number of unbranched alkanes of at least 4 members (excludes halogenated alkanes) is 10. The Balaban J connectivity index is 1.51. The number of amides is 1. The van der Waals surface area contributed by atoms with Crippen molar-refractivity contribution < 1.29 is 18.0 Å². The molecule has 1 aromatic carbocycles. The molecule has 6 heteroatoms. The highest BCUT2D eigenvalue weighted by Crippen LogP contribution is 2.30. The summed E-state index contributed by atoms with van der Waals surface area (Å²) in [4.78, 5) is 15.5. The summed E-state index contributed by atoms with van der Waals surface area (Å²) < 4.78 is 41.6. The van der Waals surface area contributed by atoms with Crippen LogP contribution < -0.4 is 0 Å². The van der Waals surface area contributed by atoms with Gasteiger partial charge in [-0.2, -0.15) is 13.2 Å². The summed E-state index contributed by atoms with van der Waals surface area (Å²) in [5.74, 6) is 0.227. The Morgan fingerprint density at radius 2 is 1.51 bits per heavy atom. The second-order valence-corrected chi connectivity index (χ2v) is 11.4. The molecule has 0 radical (unpaired) electrons. The van der Waals surface area contributed by atoms with Crippen LogP contribution in [0.2, 0.25) is 0 Å². The second-order valence-electron chi connectivity index (χ2n) is 11.4. The summed E-state index contributed by atoms with van der Waals surface area (Å²) in [7, 11) is 0. The van der Waals surface area contributed by atoms with E-state index in [4.69, 9.17) is 0 Å². The van der Waals surface area contributed by atoms with Gasteiger partial charge in [0.1, 0.15) is 0 Å². The molecule has 1 aliphatic rings. The van der Waals surface area contributed by atoms with Crippen molar-refractivity contribution in [2.24, 2.45) is 0 Å². The predicted octanol–water partition coefficient (Wildman–Crippen LogP) is 9.92. The molecule has 0 spiro atoms. The normalized spacial score (nSPS) is 14.6. The van der Waals surface area contributed by atoms with Crippen LogP contribution in [0.15, 0.2) is 42.6 Å². The molecule has 1 aromatic heterocycles. The fraction of sp³-hybridized carbons (Fsp3) is 0.667. The maximum Gasteiger partial charge on any atom is 0.416 e. The number of rotatable bonds is 17. The van der Waals surface area contributed by atoms with Gasteiger partial charge >= 0.3 is 6.18 Å². The first-order valence-corrected chi connectivity index (χ1v) is 15.5. The van der Waals surface area contributed by atoms with Gasteiger partial charge in [-0.15, -0.1) is 0 Å². The Bertz CT molecular complexity index is 962. The van der Waals surface area contributed by atoms with Gasteiger partial charge in [0.15, 0.2) is 0 Å². The summed E-state index contributed by atoms with van der Waals surface area (Å²) in [6.45, 7) is 3.13. The number of halogens is 3. The van der Waals surface area contributed by atoms with Crippen molar-refractivity contribution in [1.82, 2.24) is 9.47 Å². The van der Waals surface area contributed by atoms with Crippen LogP contribution in [0.5, 0.6) is 0 Å². The van der Waals surface area contributed by atoms with Crippen LogP contribution in [-0.2, 0) is 24.1 Å². The first kappa shape index (κ1) is 31.3. The number of nitrogens with zero attached hydrogens (tertiary/aromatic N) is 2. The average molecular weight is 547 g/mol. The van der Waals surface area contributed by atoms with Gasteiger partial charge in [0.05, 0.1) is 12.1 Å². The van der Waals surface area contributed by atoms with Crippen molar-refractivity contribution in [3.05, 3.63) is 59.4 Å². The van der Waals surface area contributed by atoms with Crippen molar-refractivity contribution in [1.29, 1.82) is 0 Å². The van der Waals surface area contributed by atoms with Gasteiger partial charge in [-0.1, -0.05) is 103 Å². The summed E-state index contributed by atoms with van der Waals surface area (Å²) >= 11 is 0. The quantitative estimate of drug-likeness (QED) is 0.181. The van der Waals surface area contributed by atoms with Crippen molar-refractivity contribution in [3.8, 4) is 0 Å². The molecule has 1 amide bonds. The third-order valence-electron chi connectivity index (χ3n) is 8.19. The lowest BCUT2D eigenvalue weighted by atomic mass is 9.93. The molecule has 3 rings (SSSR count). The number of hydrogen-bond donors (Lipinski definition) is 0. The van der Waals surface area contributed by atoms with Crippen molar-refractivity contribution in [3.63, 3.8) is 0 Å². The van der Waals surface area contributed by atoms with Crippen LogP contribution in [-0.4, -0.2) is 21.4 Å². The summed E-state index contributed by atoms with van der Waals surface area (Å²) in [5, 5.41) is 0. The van der Waals surface area contributed by atoms with Gasteiger partial charge in [-0.05, 0) is 49.1 Å². The van der Waals surface area contributed by atoms with Crippen molar-refractivity contribution >= 4 is 5.91 Å². The van der Waals surface area contributed by atoms with Gasteiger partial charge < -0.3 is 9.47 Å². The minimum Gasteiger partial charge on any atom is -0.345 e. The van der Waals surface area contributed by atoms with Crippen molar-refractivity contribution in [2.45, 2.75) is 141 Å². The van der Waals surface area contributed by atoms with Gasteiger partial charge in [-0.3, -0.25) is 4.79 Å². The van der Waals surface area contributed by atoms with Crippen LogP contribution in [0.3, 0.4) is 0 Å². The molecule has 0 unspecified atom stereocenters. The highest BCUT2D eigenvalue weighted by atomic mass is 19.4. The molecule has 0 saturated heterocycles. The molecule has 1 aliphatic carbocycles. The minimum atomic E-state index is -4.35. The Hall–Kier alpha value is -2.24. The zero-order valence-electron chi connectivity index (χ0n) is 24.0. The third kappa shape index (κ3) is 11.0. The fourth-order valence-electron chi connectivity index (χ4n) is 5.86. The van der Waals surface area contributed by atoms with E-state index in [1.807, 2.05) is 22.9 Å². The third-order valence-corrected chi connectivity index (χ3v) is 8.19. The highest BCUT2D eigenvalue weighted by molar-refractivity contribution is 5.76. The molecule has 0 N–H and O–H groups in total. The van der Waals surface area contributed by atoms with E-state index in [-0.39, 0.29) is 11.9 Å². The molecule has 1 saturated carbocycles. The fourth-order valence-corrected chi connectivity index (χ4v) is 5.86. The topological polar surface area (TPSA) is 25.2 Å². The SMILES string of the molecule is CCCCCCCCCCCCCC(=O)N(Cc1cccn1Cc1cccc(C(F)(F)F)c1)C1CCCCC1. The number of aromatic nitrogens is 1. The summed E-state index contributed by atoms with van der Waals surface area (Å²) in [5.41, 5.74) is 0.962. The number of carbonyl (C=O) groups is 1. The summed E-state index contributed by atoms with van der Waals surface area (Å²) in [6.07, 6.45) is 17.6. The molecule has 2 aromatic rings. The van der Waals surface area contributed by atoms with Gasteiger partial charge in [-0.25, -0.2) is 0 Å². The number of benzene rings is 1. The Labute approximate surface area is 234 Å². The second kappa shape index (κ2) is 16.8. The standard InChI is InChI=1S/C33H49F3N2O/c1-2-3-4-5-6-7-8-9-10-11-15-23-32(39)38(30-20-13-12-14-21-30)27-31-22-17-24-37(31)26-28-18-16-19-29(25-28)33(34,35)36/h16-19,22,24-25,30H,2-15,20-21,23,26-27H2,1H3. The van der Waals surface area contributed by atoms with Crippen LogP contribution in [0, 0.1) is 0 Å². The molecule has 1 heterocycles. The maximum absolute atomic E-state index is 13.4. The van der Waals surface area contributed by atoms with E-state index in [2.05, 4.69) is 11.8 Å². The molecular weight excluding hydrogens is 497 g/mol. The lowest BCUT2D eigenvalue weighted by Gasteiger charge is -2.35. The van der Waals surface area contributed by atoms with E-state index >= 15 is 0 Å². The van der Waals surface area contributed by atoms with Crippen LogP contribution >= 0.6 is 0 Å². The molecule has 3 nitrogen and oxygen atoms in total. The summed E-state index contributed by atoms with van der Waals surface area (Å²) in [6, 6.07) is 9.71. The van der Waals surface area contributed by atoms with E-state index in [1.165, 1.54) is 76.3 Å². The predicted molar refractivity (Wildman–Crippen MR) is 153 cm³/mol. The lowest BCUT2D eigenvalue weighted by Crippen LogP contribution is -2.41. The van der Waals surface area contributed by atoms with Gasteiger partial charge in [0.2, 0.25) is 5.91 Å². The van der Waals surface area contributed by atoms with E-state index < -0.39 is 11.7 Å². The molecule has 0 bridgehead atoms. The van der Waals surface area contributed by atoms with E-state index in [0.29, 0.717) is 25.1 Å². The Morgan fingerprint density at radius 1 is 0.872 bits per heavy atom. The molecule has 0 aliphatic heterocycles. The van der Waals surface area contributed by atoms with E-state index in [9.17, 15) is 18.0 Å². The highest BCUT2D eigenvalue weighted by Gasteiger charge is 2.30. The first-order chi connectivity index (χ1) is 18.9. The first-order valence-electron chi connectivity index (χ1n) is 15.5. The van der Waals surface area contributed by atoms with Gasteiger partial charge in [0, 0.05) is 30.9 Å². The van der Waals surface area contributed by atoms with E-state index in [0.717, 1.165) is 50.3 Å². The Morgan fingerprint density at radius 3 is 2.15 bits per heavy atom. The zero-order chi connectivity index (χ0) is 27.9. The zero-order valence-corrected chi connectivity index (χ0v) is 24.0. The molecule has 0 atom stereocenters. The van der Waals surface area contributed by atoms with Crippen LogP contribution in [0.1, 0.15) is 133 Å². The monoisotopic (exact) mass is 546 g/mol. The van der Waals surface area contributed by atoms with E-state index in [1.54, 1.807) is 6.07 Å². The molecule has 1 fully saturated rings. The average Bonchev–Trinajstić information content (AvgIpc) is 3.36. The largest absolute Gasteiger partial charge is 0.416 e. The van der Waals surface area contributed by atoms with Crippen LogP contribution in [0.4, 0.5) is 13.2 Å². The number of hydrogen-bond acceptors (Lipinski definition) is 1. The minimum absolute atomic E-state index is 0.227. The smallest absolute Gasteiger partial charge is 0.345 e. The Kier molecular flexibility index (Phi) is 13.5. The number of carbonyl (C=O) groups excluding carboxylic acids is 1. The van der Waals surface area contributed by atoms with Crippen LogP contribution in [0.25, 0.3) is 0 Å². The lowest BCUT2D eigenvalue weighted by molar-refractivity contribution is -0.137. The molecule has 218 valence electrons. The maximum atomic E-state index is 13.4. The number of alkyl halides is 3. The van der Waals surface area contributed by atoms with Crippen molar-refractivity contribution in [2.75, 3.05) is 0 Å². The molecule has 39 heavy (non-hydrogen) atoms. The van der Waals surface area contributed by atoms with Gasteiger partial charge in [0.25, 0.3) is 0 Å².